The first-order valence-electron chi connectivity index (χ1n) is 6.34. The highest BCUT2D eigenvalue weighted by Crippen LogP contribution is 2.33. The molecule has 19 heavy (non-hydrogen) atoms. The highest BCUT2D eigenvalue weighted by atomic mass is 79.9. The van der Waals surface area contributed by atoms with Crippen molar-refractivity contribution in [3.63, 3.8) is 0 Å². The van der Waals surface area contributed by atoms with Crippen molar-refractivity contribution >= 4 is 38.6 Å². The zero-order valence-corrected chi connectivity index (χ0v) is 13.4. The average molecular weight is 347 g/mol. The van der Waals surface area contributed by atoms with E-state index in [0.29, 0.717) is 11.2 Å². The maximum absolute atomic E-state index is 6.14. The van der Waals surface area contributed by atoms with E-state index in [1.165, 1.54) is 6.33 Å². The van der Waals surface area contributed by atoms with Crippen LogP contribution in [0.15, 0.2) is 17.0 Å². The van der Waals surface area contributed by atoms with Gasteiger partial charge in [0.15, 0.2) is 0 Å². The summed E-state index contributed by atoms with van der Waals surface area (Å²) >= 11 is 9.67. The summed E-state index contributed by atoms with van der Waals surface area (Å²) in [6.07, 6.45) is 6.69. The van der Waals surface area contributed by atoms with Gasteiger partial charge in [0.1, 0.15) is 17.1 Å². The summed E-state index contributed by atoms with van der Waals surface area (Å²) in [5, 5.41) is 1.37. The summed E-state index contributed by atoms with van der Waals surface area (Å²) in [6, 6.07) is 0.398. The lowest BCUT2D eigenvalue weighted by Gasteiger charge is -2.17. The number of methoxy groups -OCH3 is 1. The Morgan fingerprint density at radius 2 is 2.26 bits per heavy atom. The number of fused-ring (bicyclic) bond motifs is 1. The topological polar surface area (TPSA) is 39.9 Å². The van der Waals surface area contributed by atoms with Crippen molar-refractivity contribution < 1.29 is 4.74 Å². The molecule has 104 valence electrons. The Labute approximate surface area is 126 Å². The lowest BCUT2D eigenvalue weighted by atomic mass is 10.1. The summed E-state index contributed by atoms with van der Waals surface area (Å²) < 4.78 is 8.25. The predicted molar refractivity (Wildman–Crippen MR) is 80.7 cm³/mol. The molecule has 2 aromatic heterocycles. The van der Waals surface area contributed by atoms with E-state index >= 15 is 0 Å². The van der Waals surface area contributed by atoms with E-state index in [4.69, 9.17) is 16.3 Å². The van der Waals surface area contributed by atoms with Crippen molar-refractivity contribution in [1.82, 2.24) is 14.5 Å². The van der Waals surface area contributed by atoms with Crippen LogP contribution in [0, 0.1) is 0 Å². The van der Waals surface area contributed by atoms with Gasteiger partial charge in [0.25, 0.3) is 0 Å². The molecule has 0 aliphatic heterocycles. The quantitative estimate of drug-likeness (QED) is 0.580. The minimum Gasteiger partial charge on any atom is -0.385 e. The van der Waals surface area contributed by atoms with Crippen LogP contribution in [0.2, 0.25) is 5.15 Å². The monoisotopic (exact) mass is 345 g/mol. The van der Waals surface area contributed by atoms with Gasteiger partial charge in [0.05, 0.1) is 5.39 Å². The first kappa shape index (κ1) is 14.8. The molecular weight excluding hydrogens is 330 g/mol. The van der Waals surface area contributed by atoms with E-state index in [1.54, 1.807) is 7.11 Å². The van der Waals surface area contributed by atoms with Crippen molar-refractivity contribution in [1.29, 1.82) is 0 Å². The molecule has 0 radical (unpaired) electrons. The van der Waals surface area contributed by atoms with Gasteiger partial charge in [-0.3, -0.25) is 0 Å². The molecule has 0 saturated carbocycles. The van der Waals surface area contributed by atoms with Crippen LogP contribution in [0.1, 0.15) is 32.2 Å². The van der Waals surface area contributed by atoms with Gasteiger partial charge >= 0.3 is 0 Å². The van der Waals surface area contributed by atoms with E-state index in [1.807, 2.05) is 6.20 Å². The molecule has 1 unspecified atom stereocenters. The number of ether oxygens (including phenoxy) is 1. The number of nitrogens with zero attached hydrogens (tertiary/aromatic N) is 3. The number of halogens is 2. The molecule has 0 saturated heterocycles. The number of hydrogen-bond donors (Lipinski definition) is 0. The maximum Gasteiger partial charge on any atom is 0.146 e. The van der Waals surface area contributed by atoms with Crippen LogP contribution in [0.4, 0.5) is 0 Å². The Kier molecular flexibility index (Phi) is 5.19. The summed E-state index contributed by atoms with van der Waals surface area (Å²) in [5.41, 5.74) is 0.885. The van der Waals surface area contributed by atoms with Crippen LogP contribution in [0.25, 0.3) is 11.0 Å². The molecule has 6 heteroatoms. The first-order valence-corrected chi connectivity index (χ1v) is 7.51. The average Bonchev–Trinajstić information content (AvgIpc) is 2.74. The van der Waals surface area contributed by atoms with Crippen molar-refractivity contribution in [2.75, 3.05) is 13.7 Å². The number of rotatable bonds is 6. The lowest BCUT2D eigenvalue weighted by Crippen LogP contribution is -2.08. The molecule has 2 aromatic rings. The van der Waals surface area contributed by atoms with Crippen LogP contribution in [0.5, 0.6) is 0 Å². The highest BCUT2D eigenvalue weighted by Gasteiger charge is 2.17. The van der Waals surface area contributed by atoms with Crippen LogP contribution in [0.3, 0.4) is 0 Å². The molecule has 0 fully saturated rings. The second kappa shape index (κ2) is 6.68. The smallest absolute Gasteiger partial charge is 0.146 e. The highest BCUT2D eigenvalue weighted by molar-refractivity contribution is 9.10. The SMILES string of the molecule is CCC(CCCOC)n1cc(Br)c2c(Cl)ncnc21. The normalized spacial score (nSPS) is 13.1. The minimum absolute atomic E-state index is 0.398. The molecule has 0 spiro atoms. The van der Waals surface area contributed by atoms with Crippen molar-refractivity contribution in [3.05, 3.63) is 22.1 Å². The van der Waals surface area contributed by atoms with Crippen LogP contribution < -0.4 is 0 Å². The van der Waals surface area contributed by atoms with E-state index < -0.39 is 0 Å². The molecule has 0 aliphatic carbocycles. The van der Waals surface area contributed by atoms with Crippen molar-refractivity contribution in [2.45, 2.75) is 32.2 Å². The van der Waals surface area contributed by atoms with Gasteiger partial charge in [-0.25, -0.2) is 9.97 Å². The molecule has 0 aliphatic rings. The van der Waals surface area contributed by atoms with Gasteiger partial charge in [-0.2, -0.15) is 0 Å². The van der Waals surface area contributed by atoms with Gasteiger partial charge in [0, 0.05) is 30.4 Å². The van der Waals surface area contributed by atoms with E-state index in [-0.39, 0.29) is 0 Å². The molecular formula is C13H17BrClN3O. The lowest BCUT2D eigenvalue weighted by molar-refractivity contribution is 0.187. The number of aromatic nitrogens is 3. The number of hydrogen-bond acceptors (Lipinski definition) is 3. The zero-order valence-electron chi connectivity index (χ0n) is 11.1. The Morgan fingerprint density at radius 1 is 1.47 bits per heavy atom. The van der Waals surface area contributed by atoms with E-state index in [9.17, 15) is 0 Å². The molecule has 4 nitrogen and oxygen atoms in total. The van der Waals surface area contributed by atoms with Crippen LogP contribution >= 0.6 is 27.5 Å². The van der Waals surface area contributed by atoms with Gasteiger partial charge in [0.2, 0.25) is 0 Å². The fourth-order valence-electron chi connectivity index (χ4n) is 2.29. The van der Waals surface area contributed by atoms with Gasteiger partial charge in [-0.1, -0.05) is 18.5 Å². The Morgan fingerprint density at radius 3 is 2.95 bits per heavy atom. The summed E-state index contributed by atoms with van der Waals surface area (Å²) in [5.74, 6) is 0. The fraction of sp³-hybridized carbons (Fsp3) is 0.538. The Bertz CT molecular complexity index is 558. The minimum atomic E-state index is 0.398. The standard InChI is InChI=1S/C13H17BrClN3O/c1-3-9(5-4-6-19-2)18-7-10(14)11-12(15)16-8-17-13(11)18/h7-9H,3-6H2,1-2H3. The Balaban J connectivity index is 2.35. The molecule has 2 rings (SSSR count). The summed E-state index contributed by atoms with van der Waals surface area (Å²) in [7, 11) is 1.73. The molecule has 0 N–H and O–H groups in total. The van der Waals surface area contributed by atoms with E-state index in [2.05, 4.69) is 37.4 Å². The van der Waals surface area contributed by atoms with Crippen LogP contribution in [-0.2, 0) is 4.74 Å². The molecule has 1 atom stereocenters. The second-order valence-corrected chi connectivity index (χ2v) is 5.66. The zero-order chi connectivity index (χ0) is 13.8. The van der Waals surface area contributed by atoms with Crippen LogP contribution in [-0.4, -0.2) is 28.3 Å². The maximum atomic E-state index is 6.14. The van der Waals surface area contributed by atoms with Gasteiger partial charge < -0.3 is 9.30 Å². The first-order chi connectivity index (χ1) is 9.19. The fourth-order valence-corrected chi connectivity index (χ4v) is 3.22. The molecule has 2 heterocycles. The third-order valence-electron chi connectivity index (χ3n) is 3.27. The largest absolute Gasteiger partial charge is 0.385 e. The third kappa shape index (κ3) is 3.09. The Hall–Kier alpha value is -0.650. The summed E-state index contributed by atoms with van der Waals surface area (Å²) in [4.78, 5) is 8.40. The predicted octanol–water partition coefficient (Wildman–Crippen LogP) is 4.22. The third-order valence-corrected chi connectivity index (χ3v) is 4.16. The second-order valence-electron chi connectivity index (χ2n) is 4.44. The van der Waals surface area contributed by atoms with Crippen molar-refractivity contribution in [3.8, 4) is 0 Å². The molecule has 0 bridgehead atoms. The summed E-state index contributed by atoms with van der Waals surface area (Å²) in [6.45, 7) is 2.96. The van der Waals surface area contributed by atoms with E-state index in [0.717, 1.165) is 41.4 Å². The van der Waals surface area contributed by atoms with Crippen molar-refractivity contribution in [2.24, 2.45) is 0 Å². The molecule has 0 amide bonds. The molecule has 0 aromatic carbocycles. The van der Waals surface area contributed by atoms with Gasteiger partial charge in [-0.05, 0) is 35.2 Å². The van der Waals surface area contributed by atoms with Gasteiger partial charge in [-0.15, -0.1) is 0 Å².